The minimum absolute atomic E-state index is 0.139. The van der Waals surface area contributed by atoms with Gasteiger partial charge in [-0.3, -0.25) is 4.79 Å². The molecule has 1 fully saturated rings. The number of nitrogens with zero attached hydrogens (tertiary/aromatic N) is 1. The van der Waals surface area contributed by atoms with Crippen LogP contribution in [-0.4, -0.2) is 29.9 Å². The first kappa shape index (κ1) is 13.1. The zero-order valence-electron chi connectivity index (χ0n) is 11.6. The van der Waals surface area contributed by atoms with E-state index in [-0.39, 0.29) is 11.9 Å². The molecule has 1 aliphatic heterocycles. The average molecular weight is 268 g/mol. The van der Waals surface area contributed by atoms with Gasteiger partial charge in [0.25, 0.3) is 0 Å². The van der Waals surface area contributed by atoms with Crippen LogP contribution in [0.25, 0.3) is 10.8 Å². The SMILES string of the molecule is N[C@@H]1CCCN(C(=O)Cc2cccc3ccccc23)C1. The van der Waals surface area contributed by atoms with E-state index in [1.54, 1.807) is 0 Å². The Morgan fingerprint density at radius 1 is 1.20 bits per heavy atom. The minimum Gasteiger partial charge on any atom is -0.341 e. The fraction of sp³-hybridized carbons (Fsp3) is 0.353. The smallest absolute Gasteiger partial charge is 0.227 e. The van der Waals surface area contributed by atoms with Gasteiger partial charge in [-0.05, 0) is 29.2 Å². The second-order valence-electron chi connectivity index (χ2n) is 5.56. The van der Waals surface area contributed by atoms with Crippen LogP contribution in [-0.2, 0) is 11.2 Å². The molecule has 1 saturated heterocycles. The van der Waals surface area contributed by atoms with Gasteiger partial charge in [0.1, 0.15) is 0 Å². The van der Waals surface area contributed by atoms with Gasteiger partial charge >= 0.3 is 0 Å². The summed E-state index contributed by atoms with van der Waals surface area (Å²) < 4.78 is 0. The lowest BCUT2D eigenvalue weighted by Crippen LogP contribution is -2.46. The number of nitrogens with two attached hydrogens (primary N) is 1. The highest BCUT2D eigenvalue weighted by Crippen LogP contribution is 2.20. The van der Waals surface area contributed by atoms with E-state index in [4.69, 9.17) is 5.73 Å². The van der Waals surface area contributed by atoms with E-state index in [1.807, 2.05) is 29.2 Å². The predicted molar refractivity (Wildman–Crippen MR) is 81.4 cm³/mol. The van der Waals surface area contributed by atoms with Crippen molar-refractivity contribution >= 4 is 16.7 Å². The van der Waals surface area contributed by atoms with Crippen LogP contribution in [0.15, 0.2) is 42.5 Å². The normalized spacial score (nSPS) is 19.2. The molecule has 1 aliphatic rings. The van der Waals surface area contributed by atoms with E-state index >= 15 is 0 Å². The van der Waals surface area contributed by atoms with Gasteiger partial charge in [0.15, 0.2) is 0 Å². The highest BCUT2D eigenvalue weighted by atomic mass is 16.2. The fourth-order valence-corrected chi connectivity index (χ4v) is 2.96. The molecule has 3 nitrogen and oxygen atoms in total. The highest BCUT2D eigenvalue weighted by molar-refractivity contribution is 5.90. The third-order valence-corrected chi connectivity index (χ3v) is 4.03. The van der Waals surface area contributed by atoms with Gasteiger partial charge in [-0.25, -0.2) is 0 Å². The van der Waals surface area contributed by atoms with Crippen molar-refractivity contribution in [2.24, 2.45) is 5.73 Å². The topological polar surface area (TPSA) is 46.3 Å². The molecule has 0 unspecified atom stereocenters. The standard InChI is InChI=1S/C17H20N2O/c18-15-8-4-10-19(12-15)17(20)11-14-7-3-6-13-5-1-2-9-16(13)14/h1-3,5-7,9,15H,4,8,10-12,18H2/t15-/m1/s1. The van der Waals surface area contributed by atoms with Gasteiger partial charge in [-0.2, -0.15) is 0 Å². The number of fused-ring (bicyclic) bond motifs is 1. The molecule has 0 bridgehead atoms. The molecule has 20 heavy (non-hydrogen) atoms. The molecule has 1 amide bonds. The highest BCUT2D eigenvalue weighted by Gasteiger charge is 2.21. The summed E-state index contributed by atoms with van der Waals surface area (Å²) >= 11 is 0. The molecule has 0 saturated carbocycles. The first-order chi connectivity index (χ1) is 9.74. The van der Waals surface area contributed by atoms with Gasteiger partial charge in [0.05, 0.1) is 6.42 Å². The summed E-state index contributed by atoms with van der Waals surface area (Å²) in [5, 5.41) is 2.36. The van der Waals surface area contributed by atoms with Gasteiger partial charge in [0, 0.05) is 19.1 Å². The van der Waals surface area contributed by atoms with Gasteiger partial charge in [0.2, 0.25) is 5.91 Å². The van der Waals surface area contributed by atoms with E-state index in [1.165, 1.54) is 10.8 Å². The van der Waals surface area contributed by atoms with E-state index in [0.29, 0.717) is 13.0 Å². The Hall–Kier alpha value is -1.87. The molecule has 104 valence electrons. The quantitative estimate of drug-likeness (QED) is 0.908. The molecule has 0 spiro atoms. The summed E-state index contributed by atoms with van der Waals surface area (Å²) in [5.41, 5.74) is 7.06. The molecule has 3 rings (SSSR count). The van der Waals surface area contributed by atoms with Crippen LogP contribution >= 0.6 is 0 Å². The molecule has 2 aromatic carbocycles. The van der Waals surface area contributed by atoms with Crippen LogP contribution in [0.4, 0.5) is 0 Å². The van der Waals surface area contributed by atoms with Crippen LogP contribution in [0.5, 0.6) is 0 Å². The largest absolute Gasteiger partial charge is 0.341 e. The summed E-state index contributed by atoms with van der Waals surface area (Å²) in [6.45, 7) is 1.54. The second kappa shape index (κ2) is 5.63. The maximum atomic E-state index is 12.4. The van der Waals surface area contributed by atoms with Crippen molar-refractivity contribution < 1.29 is 4.79 Å². The zero-order valence-corrected chi connectivity index (χ0v) is 11.6. The molecule has 2 aromatic rings. The van der Waals surface area contributed by atoms with Gasteiger partial charge in [-0.1, -0.05) is 42.5 Å². The van der Waals surface area contributed by atoms with Crippen LogP contribution in [0.3, 0.4) is 0 Å². The van der Waals surface area contributed by atoms with E-state index in [0.717, 1.165) is 24.9 Å². The Morgan fingerprint density at radius 2 is 2.00 bits per heavy atom. The number of hydrogen-bond acceptors (Lipinski definition) is 2. The monoisotopic (exact) mass is 268 g/mol. The van der Waals surface area contributed by atoms with Crippen LogP contribution in [0, 0.1) is 0 Å². The molecule has 0 aromatic heterocycles. The molecule has 1 atom stereocenters. The zero-order chi connectivity index (χ0) is 13.9. The molecule has 2 N–H and O–H groups in total. The van der Waals surface area contributed by atoms with Gasteiger partial charge in [-0.15, -0.1) is 0 Å². The molecular formula is C17H20N2O. The maximum absolute atomic E-state index is 12.4. The van der Waals surface area contributed by atoms with Crippen LogP contribution in [0.2, 0.25) is 0 Å². The van der Waals surface area contributed by atoms with Crippen molar-refractivity contribution in [1.29, 1.82) is 0 Å². The van der Waals surface area contributed by atoms with Crippen LogP contribution in [0.1, 0.15) is 18.4 Å². The number of amides is 1. The van der Waals surface area contributed by atoms with E-state index < -0.39 is 0 Å². The third kappa shape index (κ3) is 2.68. The molecular weight excluding hydrogens is 248 g/mol. The fourth-order valence-electron chi connectivity index (χ4n) is 2.96. The number of piperidine rings is 1. The molecule has 0 radical (unpaired) electrons. The Morgan fingerprint density at radius 3 is 2.85 bits per heavy atom. The number of likely N-dealkylation sites (tertiary alicyclic amines) is 1. The summed E-state index contributed by atoms with van der Waals surface area (Å²) in [7, 11) is 0. The number of carbonyl (C=O) groups excluding carboxylic acids is 1. The molecule has 3 heteroatoms. The van der Waals surface area contributed by atoms with E-state index in [2.05, 4.69) is 18.2 Å². The third-order valence-electron chi connectivity index (χ3n) is 4.03. The van der Waals surface area contributed by atoms with Crippen molar-refractivity contribution in [3.63, 3.8) is 0 Å². The van der Waals surface area contributed by atoms with Crippen molar-refractivity contribution in [3.05, 3.63) is 48.0 Å². The number of hydrogen-bond donors (Lipinski definition) is 1. The lowest BCUT2D eigenvalue weighted by molar-refractivity contribution is -0.131. The first-order valence-corrected chi connectivity index (χ1v) is 7.24. The summed E-state index contributed by atoms with van der Waals surface area (Å²) in [6.07, 6.45) is 2.51. The van der Waals surface area contributed by atoms with E-state index in [9.17, 15) is 4.79 Å². The number of benzene rings is 2. The second-order valence-corrected chi connectivity index (χ2v) is 5.56. The molecule has 1 heterocycles. The van der Waals surface area contributed by atoms with Gasteiger partial charge < -0.3 is 10.6 Å². The maximum Gasteiger partial charge on any atom is 0.227 e. The Bertz CT molecular complexity index is 618. The first-order valence-electron chi connectivity index (χ1n) is 7.24. The Labute approximate surface area is 119 Å². The Kier molecular flexibility index (Phi) is 3.70. The molecule has 0 aliphatic carbocycles. The summed E-state index contributed by atoms with van der Waals surface area (Å²) in [6, 6.07) is 14.5. The average Bonchev–Trinajstić information content (AvgIpc) is 2.47. The lowest BCUT2D eigenvalue weighted by atomic mass is 10.0. The van der Waals surface area contributed by atoms with Crippen molar-refractivity contribution in [1.82, 2.24) is 4.90 Å². The minimum atomic E-state index is 0.139. The predicted octanol–water partition coefficient (Wildman–Crippen LogP) is 2.33. The van der Waals surface area contributed by atoms with Crippen molar-refractivity contribution in [2.75, 3.05) is 13.1 Å². The summed E-state index contributed by atoms with van der Waals surface area (Å²) in [5.74, 6) is 0.191. The summed E-state index contributed by atoms with van der Waals surface area (Å²) in [4.78, 5) is 14.3. The van der Waals surface area contributed by atoms with Crippen molar-refractivity contribution in [2.45, 2.75) is 25.3 Å². The number of rotatable bonds is 2. The van der Waals surface area contributed by atoms with Crippen molar-refractivity contribution in [3.8, 4) is 0 Å². The Balaban J connectivity index is 1.80. The lowest BCUT2D eigenvalue weighted by Gasteiger charge is -2.31. The number of carbonyl (C=O) groups is 1. The van der Waals surface area contributed by atoms with Crippen LogP contribution < -0.4 is 5.73 Å².